The van der Waals surface area contributed by atoms with Gasteiger partial charge in [0.1, 0.15) is 0 Å². The molecule has 0 aromatic carbocycles. The van der Waals surface area contributed by atoms with E-state index in [4.69, 9.17) is 21.1 Å². The molecule has 0 radical (unpaired) electrons. The SMILES string of the molecule is CN(CCOCCCl)CC1CCOCC1. The monoisotopic (exact) mass is 235 g/mol. The lowest BCUT2D eigenvalue weighted by Crippen LogP contribution is -2.32. The highest BCUT2D eigenvalue weighted by Crippen LogP contribution is 2.15. The third-order valence-corrected chi connectivity index (χ3v) is 2.90. The molecule has 0 atom stereocenters. The van der Waals surface area contributed by atoms with Crippen LogP contribution in [0, 0.1) is 5.92 Å². The first-order chi connectivity index (χ1) is 7.33. The quantitative estimate of drug-likeness (QED) is 0.494. The van der Waals surface area contributed by atoms with E-state index in [0.717, 1.165) is 38.8 Å². The van der Waals surface area contributed by atoms with Crippen LogP contribution < -0.4 is 0 Å². The second-order valence-electron chi connectivity index (χ2n) is 4.12. The summed E-state index contributed by atoms with van der Waals surface area (Å²) in [5.74, 6) is 1.39. The van der Waals surface area contributed by atoms with Crippen molar-refractivity contribution in [2.75, 3.05) is 52.4 Å². The standard InChI is InChI=1S/C11H22ClNO2/c1-13(5-9-15-8-4-12)10-11-2-6-14-7-3-11/h11H,2-10H2,1H3. The van der Waals surface area contributed by atoms with E-state index < -0.39 is 0 Å². The molecule has 3 nitrogen and oxygen atoms in total. The van der Waals surface area contributed by atoms with Gasteiger partial charge in [0, 0.05) is 32.2 Å². The maximum absolute atomic E-state index is 5.52. The van der Waals surface area contributed by atoms with Crippen LogP contribution in [0.3, 0.4) is 0 Å². The molecule has 0 saturated carbocycles. The zero-order valence-corrected chi connectivity index (χ0v) is 10.3. The van der Waals surface area contributed by atoms with Crippen LogP contribution in [0.15, 0.2) is 0 Å². The zero-order chi connectivity index (χ0) is 10.9. The van der Waals surface area contributed by atoms with Gasteiger partial charge in [-0.2, -0.15) is 0 Å². The zero-order valence-electron chi connectivity index (χ0n) is 9.58. The minimum Gasteiger partial charge on any atom is -0.381 e. The van der Waals surface area contributed by atoms with E-state index in [1.807, 2.05) is 0 Å². The van der Waals surface area contributed by atoms with Gasteiger partial charge in [0.25, 0.3) is 0 Å². The molecule has 1 saturated heterocycles. The van der Waals surface area contributed by atoms with Gasteiger partial charge in [-0.05, 0) is 25.8 Å². The number of halogens is 1. The minimum absolute atomic E-state index is 0.587. The molecule has 90 valence electrons. The molecule has 1 rings (SSSR count). The molecule has 0 aliphatic carbocycles. The third kappa shape index (κ3) is 6.36. The molecule has 0 N–H and O–H groups in total. The fourth-order valence-electron chi connectivity index (χ4n) is 1.84. The first-order valence-corrected chi connectivity index (χ1v) is 6.26. The van der Waals surface area contributed by atoms with Gasteiger partial charge in [-0.1, -0.05) is 0 Å². The predicted octanol–water partition coefficient (Wildman–Crippen LogP) is 1.60. The molecule has 1 heterocycles. The Balaban J connectivity index is 1.98. The van der Waals surface area contributed by atoms with Gasteiger partial charge >= 0.3 is 0 Å². The maximum atomic E-state index is 5.52. The number of nitrogens with zero attached hydrogens (tertiary/aromatic N) is 1. The topological polar surface area (TPSA) is 21.7 Å². The lowest BCUT2D eigenvalue weighted by atomic mass is 10.00. The van der Waals surface area contributed by atoms with Crippen LogP contribution in [0.5, 0.6) is 0 Å². The molecular weight excluding hydrogens is 214 g/mol. The Morgan fingerprint density at radius 3 is 2.73 bits per heavy atom. The van der Waals surface area contributed by atoms with Crippen molar-refractivity contribution in [1.29, 1.82) is 0 Å². The van der Waals surface area contributed by atoms with Gasteiger partial charge in [0.15, 0.2) is 0 Å². The second kappa shape index (κ2) is 8.34. The summed E-state index contributed by atoms with van der Waals surface area (Å²) < 4.78 is 10.7. The smallest absolute Gasteiger partial charge is 0.0602 e. The van der Waals surface area contributed by atoms with E-state index >= 15 is 0 Å². The van der Waals surface area contributed by atoms with Crippen molar-refractivity contribution in [3.05, 3.63) is 0 Å². The van der Waals surface area contributed by atoms with Crippen LogP contribution in [-0.2, 0) is 9.47 Å². The number of hydrogen-bond donors (Lipinski definition) is 0. The Morgan fingerprint density at radius 1 is 1.33 bits per heavy atom. The minimum atomic E-state index is 0.587. The average molecular weight is 236 g/mol. The van der Waals surface area contributed by atoms with Gasteiger partial charge in [-0.3, -0.25) is 0 Å². The van der Waals surface area contributed by atoms with Crippen LogP contribution in [0.1, 0.15) is 12.8 Å². The highest BCUT2D eigenvalue weighted by Gasteiger charge is 2.15. The summed E-state index contributed by atoms with van der Waals surface area (Å²) in [6.07, 6.45) is 2.40. The van der Waals surface area contributed by atoms with Gasteiger partial charge in [0.2, 0.25) is 0 Å². The number of hydrogen-bond acceptors (Lipinski definition) is 3. The van der Waals surface area contributed by atoms with Crippen molar-refractivity contribution in [2.24, 2.45) is 5.92 Å². The number of alkyl halides is 1. The summed E-state index contributed by atoms with van der Waals surface area (Å²) >= 11 is 5.52. The van der Waals surface area contributed by atoms with Crippen molar-refractivity contribution in [3.63, 3.8) is 0 Å². The van der Waals surface area contributed by atoms with Crippen molar-refractivity contribution in [3.8, 4) is 0 Å². The Kier molecular flexibility index (Phi) is 7.36. The van der Waals surface area contributed by atoms with Crippen LogP contribution in [0.4, 0.5) is 0 Å². The molecule has 0 spiro atoms. The fraction of sp³-hybridized carbons (Fsp3) is 1.00. The fourth-order valence-corrected chi connectivity index (χ4v) is 1.95. The van der Waals surface area contributed by atoms with Crippen molar-refractivity contribution >= 4 is 11.6 Å². The summed E-state index contributed by atoms with van der Waals surface area (Å²) in [4.78, 5) is 2.34. The average Bonchev–Trinajstić information content (AvgIpc) is 2.26. The normalized spacial score (nSPS) is 18.6. The largest absolute Gasteiger partial charge is 0.381 e. The van der Waals surface area contributed by atoms with Gasteiger partial charge < -0.3 is 14.4 Å². The lowest BCUT2D eigenvalue weighted by molar-refractivity contribution is 0.0505. The number of likely N-dealkylation sites (N-methyl/N-ethyl adjacent to an activating group) is 1. The van der Waals surface area contributed by atoms with E-state index in [2.05, 4.69) is 11.9 Å². The van der Waals surface area contributed by atoms with Crippen molar-refractivity contribution in [2.45, 2.75) is 12.8 Å². The second-order valence-corrected chi connectivity index (χ2v) is 4.50. The van der Waals surface area contributed by atoms with E-state index in [9.17, 15) is 0 Å². The van der Waals surface area contributed by atoms with E-state index in [1.54, 1.807) is 0 Å². The van der Waals surface area contributed by atoms with Gasteiger partial charge in [-0.15, -0.1) is 11.6 Å². The maximum Gasteiger partial charge on any atom is 0.0602 e. The highest BCUT2D eigenvalue weighted by molar-refractivity contribution is 6.17. The molecule has 0 amide bonds. The molecule has 1 aliphatic rings. The Morgan fingerprint density at radius 2 is 2.07 bits per heavy atom. The summed E-state index contributed by atoms with van der Waals surface area (Å²) in [5, 5.41) is 0. The van der Waals surface area contributed by atoms with Crippen molar-refractivity contribution in [1.82, 2.24) is 4.90 Å². The molecule has 0 unspecified atom stereocenters. The molecule has 0 aromatic heterocycles. The summed E-state index contributed by atoms with van der Waals surface area (Å²) in [5.41, 5.74) is 0. The Hall–Kier alpha value is 0.170. The molecule has 0 bridgehead atoms. The molecule has 1 fully saturated rings. The van der Waals surface area contributed by atoms with Crippen LogP contribution in [0.25, 0.3) is 0 Å². The first kappa shape index (κ1) is 13.2. The molecule has 15 heavy (non-hydrogen) atoms. The van der Waals surface area contributed by atoms with Gasteiger partial charge in [-0.25, -0.2) is 0 Å². The summed E-state index contributed by atoms with van der Waals surface area (Å²) in [6.45, 7) is 5.46. The Labute approximate surface area is 97.7 Å². The first-order valence-electron chi connectivity index (χ1n) is 5.73. The molecule has 4 heteroatoms. The summed E-state index contributed by atoms with van der Waals surface area (Å²) in [7, 11) is 2.15. The summed E-state index contributed by atoms with van der Waals surface area (Å²) in [6, 6.07) is 0. The van der Waals surface area contributed by atoms with E-state index in [-0.39, 0.29) is 0 Å². The predicted molar refractivity (Wildman–Crippen MR) is 62.6 cm³/mol. The van der Waals surface area contributed by atoms with Crippen LogP contribution in [-0.4, -0.2) is 57.3 Å². The van der Waals surface area contributed by atoms with E-state index in [1.165, 1.54) is 12.8 Å². The van der Waals surface area contributed by atoms with Gasteiger partial charge in [0.05, 0.1) is 13.2 Å². The van der Waals surface area contributed by atoms with E-state index in [0.29, 0.717) is 12.5 Å². The third-order valence-electron chi connectivity index (χ3n) is 2.75. The Bertz CT molecular complexity index is 152. The van der Waals surface area contributed by atoms with Crippen LogP contribution in [0.2, 0.25) is 0 Å². The molecule has 0 aromatic rings. The lowest BCUT2D eigenvalue weighted by Gasteiger charge is -2.26. The molecule has 1 aliphatic heterocycles. The van der Waals surface area contributed by atoms with Crippen LogP contribution >= 0.6 is 11.6 Å². The number of ether oxygens (including phenoxy) is 2. The molecular formula is C11H22ClNO2. The highest BCUT2D eigenvalue weighted by atomic mass is 35.5. The number of rotatable bonds is 7. The van der Waals surface area contributed by atoms with Crippen molar-refractivity contribution < 1.29 is 9.47 Å².